The van der Waals surface area contributed by atoms with Crippen LogP contribution in [0.2, 0.25) is 0 Å². The Hall–Kier alpha value is -1.82. The topological polar surface area (TPSA) is 70.6 Å². The average molecular weight is 541 g/mol. The van der Waals surface area contributed by atoms with Gasteiger partial charge in [-0.25, -0.2) is 13.4 Å². The van der Waals surface area contributed by atoms with Gasteiger partial charge in [-0.3, -0.25) is 0 Å². The number of nitrogens with zero attached hydrogens (tertiary/aromatic N) is 1. The Morgan fingerprint density at radius 2 is 1.62 bits per heavy atom. The molecule has 0 saturated heterocycles. The number of halogens is 4. The van der Waals surface area contributed by atoms with E-state index < -0.39 is 21.6 Å². The first-order valence-electron chi connectivity index (χ1n) is 8.68. The third-order valence-corrected chi connectivity index (χ3v) is 5.54. The standard InChI is InChI=1S/C19H22F3N3O2S.HI/c1-2-23-18(24-12-13-28(26,27)17-6-4-3-5-7-17)25-14-15-8-10-16(11-9-15)19(20,21)22;/h3-11H,2,12-14H2,1H3,(H2,23,24,25);1H. The normalized spacial score (nSPS) is 12.2. The molecule has 0 radical (unpaired) electrons. The number of rotatable bonds is 7. The molecule has 0 aliphatic heterocycles. The fourth-order valence-electron chi connectivity index (χ4n) is 2.36. The molecule has 0 spiro atoms. The zero-order valence-electron chi connectivity index (χ0n) is 15.7. The Morgan fingerprint density at radius 3 is 2.17 bits per heavy atom. The molecule has 2 N–H and O–H groups in total. The summed E-state index contributed by atoms with van der Waals surface area (Å²) < 4.78 is 62.3. The van der Waals surface area contributed by atoms with E-state index >= 15 is 0 Å². The van der Waals surface area contributed by atoms with Gasteiger partial charge < -0.3 is 10.6 Å². The van der Waals surface area contributed by atoms with E-state index in [9.17, 15) is 21.6 Å². The number of alkyl halides is 3. The van der Waals surface area contributed by atoms with Crippen LogP contribution in [0, 0.1) is 0 Å². The highest BCUT2D eigenvalue weighted by atomic mass is 127. The number of benzene rings is 2. The average Bonchev–Trinajstić information content (AvgIpc) is 2.66. The molecule has 0 aliphatic rings. The van der Waals surface area contributed by atoms with Crippen molar-refractivity contribution in [1.29, 1.82) is 0 Å². The molecule has 2 aromatic rings. The molecule has 0 atom stereocenters. The summed E-state index contributed by atoms with van der Waals surface area (Å²) in [4.78, 5) is 4.54. The fraction of sp³-hybridized carbons (Fsp3) is 0.316. The lowest BCUT2D eigenvalue weighted by molar-refractivity contribution is -0.137. The third kappa shape index (κ3) is 8.21. The predicted octanol–water partition coefficient (Wildman–Crippen LogP) is 3.85. The minimum atomic E-state index is -4.37. The number of sulfone groups is 1. The minimum absolute atomic E-state index is 0. The zero-order chi connectivity index (χ0) is 20.6. The molecule has 10 heteroatoms. The van der Waals surface area contributed by atoms with Gasteiger partial charge in [0, 0.05) is 13.1 Å². The molecule has 0 amide bonds. The summed E-state index contributed by atoms with van der Waals surface area (Å²) in [6.45, 7) is 2.73. The van der Waals surface area contributed by atoms with Gasteiger partial charge in [-0.1, -0.05) is 30.3 Å². The van der Waals surface area contributed by atoms with Crippen LogP contribution in [0.25, 0.3) is 0 Å². The molecule has 0 aliphatic carbocycles. The Bertz CT molecular complexity index is 887. The second kappa shape index (κ2) is 11.4. The summed E-state index contributed by atoms with van der Waals surface area (Å²) in [6.07, 6.45) is -4.37. The Balaban J connectivity index is 0.00000420. The minimum Gasteiger partial charge on any atom is -0.357 e. The van der Waals surface area contributed by atoms with Crippen molar-refractivity contribution >= 4 is 39.8 Å². The Labute approximate surface area is 185 Å². The molecule has 0 saturated carbocycles. The van der Waals surface area contributed by atoms with Crippen molar-refractivity contribution < 1.29 is 21.6 Å². The highest BCUT2D eigenvalue weighted by Crippen LogP contribution is 2.29. The van der Waals surface area contributed by atoms with E-state index in [1.807, 2.05) is 6.92 Å². The van der Waals surface area contributed by atoms with Crippen LogP contribution in [0.15, 0.2) is 64.5 Å². The first-order valence-corrected chi connectivity index (χ1v) is 10.3. The van der Waals surface area contributed by atoms with E-state index in [1.54, 1.807) is 30.3 Å². The van der Waals surface area contributed by atoms with E-state index in [0.717, 1.165) is 12.1 Å². The van der Waals surface area contributed by atoms with E-state index in [2.05, 4.69) is 15.6 Å². The largest absolute Gasteiger partial charge is 0.416 e. The van der Waals surface area contributed by atoms with Gasteiger partial charge in [0.2, 0.25) is 0 Å². The second-order valence-electron chi connectivity index (χ2n) is 5.95. The Kier molecular flexibility index (Phi) is 9.90. The van der Waals surface area contributed by atoms with Crippen molar-refractivity contribution in [2.75, 3.05) is 18.8 Å². The Morgan fingerprint density at radius 1 is 1.00 bits per heavy atom. The SMILES string of the molecule is CCNC(=NCc1ccc(C(F)(F)F)cc1)NCCS(=O)(=O)c1ccccc1.I. The first-order chi connectivity index (χ1) is 13.2. The molecule has 0 heterocycles. The molecule has 2 rings (SSSR count). The van der Waals surface area contributed by atoms with E-state index in [1.165, 1.54) is 12.1 Å². The third-order valence-electron chi connectivity index (χ3n) is 3.81. The van der Waals surface area contributed by atoms with Crippen LogP contribution < -0.4 is 10.6 Å². The van der Waals surface area contributed by atoms with E-state index in [4.69, 9.17) is 0 Å². The quantitative estimate of drug-likeness (QED) is 0.318. The summed E-state index contributed by atoms with van der Waals surface area (Å²) in [5.74, 6) is 0.285. The van der Waals surface area contributed by atoms with Crippen molar-refractivity contribution in [1.82, 2.24) is 10.6 Å². The van der Waals surface area contributed by atoms with Crippen molar-refractivity contribution in [3.8, 4) is 0 Å². The molecular formula is C19H23F3IN3O2S. The van der Waals surface area contributed by atoms with Gasteiger partial charge in [-0.2, -0.15) is 13.2 Å². The van der Waals surface area contributed by atoms with Gasteiger partial charge in [0.05, 0.1) is 22.8 Å². The molecule has 0 fully saturated rings. The second-order valence-corrected chi connectivity index (χ2v) is 8.06. The lowest BCUT2D eigenvalue weighted by Crippen LogP contribution is -2.39. The summed E-state index contributed by atoms with van der Waals surface area (Å²) in [5.41, 5.74) is -0.0986. The van der Waals surface area contributed by atoms with E-state index in [0.29, 0.717) is 18.1 Å². The number of hydrogen-bond acceptors (Lipinski definition) is 3. The summed E-state index contributed by atoms with van der Waals surface area (Å²) in [7, 11) is -3.41. The number of nitrogens with one attached hydrogen (secondary N) is 2. The van der Waals surface area contributed by atoms with Crippen LogP contribution in [0.3, 0.4) is 0 Å². The molecule has 0 aromatic heterocycles. The van der Waals surface area contributed by atoms with Crippen molar-refractivity contribution in [3.05, 3.63) is 65.7 Å². The smallest absolute Gasteiger partial charge is 0.357 e. The van der Waals surface area contributed by atoms with Crippen LogP contribution in [0.4, 0.5) is 13.2 Å². The summed E-state index contributed by atoms with van der Waals surface area (Å²) >= 11 is 0. The number of aliphatic imine (C=N–C) groups is 1. The number of hydrogen-bond donors (Lipinski definition) is 2. The van der Waals surface area contributed by atoms with Gasteiger partial charge in [0.15, 0.2) is 15.8 Å². The molecule has 0 unspecified atom stereocenters. The van der Waals surface area contributed by atoms with Gasteiger partial charge in [-0.15, -0.1) is 24.0 Å². The molecule has 5 nitrogen and oxygen atoms in total. The molecule has 0 bridgehead atoms. The lowest BCUT2D eigenvalue weighted by atomic mass is 10.1. The van der Waals surface area contributed by atoms with Crippen LogP contribution in [0.1, 0.15) is 18.1 Å². The maximum absolute atomic E-state index is 12.6. The van der Waals surface area contributed by atoms with Crippen molar-refractivity contribution in [2.45, 2.75) is 24.5 Å². The van der Waals surface area contributed by atoms with Crippen molar-refractivity contribution in [2.24, 2.45) is 4.99 Å². The van der Waals surface area contributed by atoms with E-state index in [-0.39, 0.29) is 47.7 Å². The van der Waals surface area contributed by atoms with Crippen LogP contribution >= 0.6 is 24.0 Å². The zero-order valence-corrected chi connectivity index (χ0v) is 18.9. The van der Waals surface area contributed by atoms with Gasteiger partial charge in [0.25, 0.3) is 0 Å². The molecule has 29 heavy (non-hydrogen) atoms. The fourth-order valence-corrected chi connectivity index (χ4v) is 3.54. The van der Waals surface area contributed by atoms with Gasteiger partial charge >= 0.3 is 6.18 Å². The van der Waals surface area contributed by atoms with Crippen LogP contribution in [-0.2, 0) is 22.6 Å². The van der Waals surface area contributed by atoms with Crippen LogP contribution in [0.5, 0.6) is 0 Å². The molecule has 2 aromatic carbocycles. The monoisotopic (exact) mass is 541 g/mol. The first kappa shape index (κ1) is 25.2. The highest BCUT2D eigenvalue weighted by molar-refractivity contribution is 14.0. The summed E-state index contributed by atoms with van der Waals surface area (Å²) in [6, 6.07) is 12.9. The van der Waals surface area contributed by atoms with Crippen molar-refractivity contribution in [3.63, 3.8) is 0 Å². The molecular weight excluding hydrogens is 518 g/mol. The van der Waals surface area contributed by atoms with Crippen LogP contribution in [-0.4, -0.2) is 33.2 Å². The lowest BCUT2D eigenvalue weighted by Gasteiger charge is -2.12. The predicted molar refractivity (Wildman–Crippen MR) is 118 cm³/mol. The maximum atomic E-state index is 12.6. The highest BCUT2D eigenvalue weighted by Gasteiger charge is 2.29. The number of guanidine groups is 1. The summed E-state index contributed by atoms with van der Waals surface area (Å²) in [5, 5.41) is 5.91. The van der Waals surface area contributed by atoms with Gasteiger partial charge in [0.1, 0.15) is 0 Å². The van der Waals surface area contributed by atoms with Gasteiger partial charge in [-0.05, 0) is 36.8 Å². The molecule has 160 valence electrons. The maximum Gasteiger partial charge on any atom is 0.416 e.